The Labute approximate surface area is 255 Å². The van der Waals surface area contributed by atoms with Crippen LogP contribution in [0.25, 0.3) is 49.7 Å². The molecule has 44 heavy (non-hydrogen) atoms. The molecule has 0 fully saturated rings. The van der Waals surface area contributed by atoms with Crippen LogP contribution in [0.2, 0.25) is 0 Å². The second kappa shape index (κ2) is 9.92. The van der Waals surface area contributed by atoms with Gasteiger partial charge in [0.05, 0.1) is 33.5 Å². The first kappa shape index (κ1) is 25.9. The number of amides is 2. The van der Waals surface area contributed by atoms with Crippen molar-refractivity contribution in [2.45, 2.75) is 13.8 Å². The summed E-state index contributed by atoms with van der Waals surface area (Å²) < 4.78 is 2.13. The Kier molecular flexibility index (Phi) is 5.85. The molecule has 1 aromatic heterocycles. The molecule has 2 heterocycles. The average molecular weight is 569 g/mol. The van der Waals surface area contributed by atoms with E-state index in [0.717, 1.165) is 38.5 Å². The van der Waals surface area contributed by atoms with E-state index in [1.807, 2.05) is 78.9 Å². The van der Waals surface area contributed by atoms with Crippen LogP contribution in [-0.4, -0.2) is 16.4 Å². The molecule has 2 amide bonds. The number of aryl methyl sites for hydroxylation is 2. The molecule has 0 spiro atoms. The van der Waals surface area contributed by atoms with Crippen LogP contribution >= 0.6 is 0 Å². The van der Waals surface area contributed by atoms with Gasteiger partial charge in [-0.2, -0.15) is 0 Å². The zero-order chi connectivity index (χ0) is 29.9. The van der Waals surface area contributed by atoms with E-state index in [0.29, 0.717) is 22.5 Å². The van der Waals surface area contributed by atoms with Gasteiger partial charge in [0.2, 0.25) is 0 Å². The van der Waals surface area contributed by atoms with Crippen molar-refractivity contribution in [3.05, 3.63) is 156 Å². The van der Waals surface area contributed by atoms with E-state index in [9.17, 15) is 9.59 Å². The number of benzene rings is 6. The van der Waals surface area contributed by atoms with Crippen molar-refractivity contribution < 1.29 is 9.59 Å². The molecule has 1 aliphatic rings. The number of fused-ring (bicyclic) bond motifs is 4. The van der Waals surface area contributed by atoms with Gasteiger partial charge in [-0.25, -0.2) is 4.90 Å². The van der Waals surface area contributed by atoms with Gasteiger partial charge in [-0.3, -0.25) is 9.59 Å². The van der Waals surface area contributed by atoms with Crippen LogP contribution < -0.4 is 4.90 Å². The summed E-state index contributed by atoms with van der Waals surface area (Å²) >= 11 is 0. The van der Waals surface area contributed by atoms with Crippen LogP contribution in [0.5, 0.6) is 0 Å². The monoisotopic (exact) mass is 568 g/mol. The molecule has 7 aromatic rings. The fourth-order valence-corrected chi connectivity index (χ4v) is 6.76. The number of para-hydroxylation sites is 2. The topological polar surface area (TPSA) is 42.3 Å². The minimum Gasteiger partial charge on any atom is -0.308 e. The highest BCUT2D eigenvalue weighted by molar-refractivity contribution is 6.36. The predicted molar refractivity (Wildman–Crippen MR) is 179 cm³/mol. The standard InChI is InChI=1S/C40H28N2O2/c1-25-21-26(2)23-29(22-25)28-19-20-36-33(24-28)31-14-7-9-17-35(31)41(36)37-18-10-15-32-38(37)40(44)42(39(32)43)34-16-8-6-13-30(34)27-11-4-3-5-12-27/h3-24H,1-2H3. The van der Waals surface area contributed by atoms with Gasteiger partial charge in [0.25, 0.3) is 11.8 Å². The molecule has 0 atom stereocenters. The van der Waals surface area contributed by atoms with Gasteiger partial charge < -0.3 is 4.57 Å². The average Bonchev–Trinajstić information content (AvgIpc) is 3.51. The molecule has 0 N–H and O–H groups in total. The summed E-state index contributed by atoms with van der Waals surface area (Å²) in [7, 11) is 0. The number of hydrogen-bond acceptors (Lipinski definition) is 2. The van der Waals surface area contributed by atoms with Crippen molar-refractivity contribution in [1.82, 2.24) is 4.57 Å². The number of imide groups is 1. The Morgan fingerprint density at radius 2 is 1.11 bits per heavy atom. The van der Waals surface area contributed by atoms with Crippen molar-refractivity contribution in [2.75, 3.05) is 4.90 Å². The lowest BCUT2D eigenvalue weighted by Gasteiger charge is -2.18. The van der Waals surface area contributed by atoms with Gasteiger partial charge in [0, 0.05) is 16.3 Å². The highest BCUT2D eigenvalue weighted by Crippen LogP contribution is 2.41. The quantitative estimate of drug-likeness (QED) is 0.198. The maximum Gasteiger partial charge on any atom is 0.268 e. The fourth-order valence-electron chi connectivity index (χ4n) is 6.76. The van der Waals surface area contributed by atoms with Gasteiger partial charge in [-0.15, -0.1) is 0 Å². The molecule has 1 aliphatic heterocycles. The van der Waals surface area contributed by atoms with E-state index >= 15 is 0 Å². The van der Waals surface area contributed by atoms with Gasteiger partial charge in [-0.05, 0) is 66.9 Å². The number of carbonyl (C=O) groups excluding carboxylic acids is 2. The summed E-state index contributed by atoms with van der Waals surface area (Å²) in [5.74, 6) is -0.630. The molecular formula is C40H28N2O2. The summed E-state index contributed by atoms with van der Waals surface area (Å²) in [4.78, 5) is 29.7. The summed E-state index contributed by atoms with van der Waals surface area (Å²) in [5.41, 5.74) is 10.6. The Morgan fingerprint density at radius 3 is 1.93 bits per heavy atom. The van der Waals surface area contributed by atoms with Crippen molar-refractivity contribution in [2.24, 2.45) is 0 Å². The largest absolute Gasteiger partial charge is 0.308 e. The minimum absolute atomic E-state index is 0.312. The van der Waals surface area contributed by atoms with E-state index in [-0.39, 0.29) is 11.8 Å². The number of rotatable bonds is 4. The van der Waals surface area contributed by atoms with Crippen molar-refractivity contribution in [1.29, 1.82) is 0 Å². The summed E-state index contributed by atoms with van der Waals surface area (Å²) in [5, 5.41) is 2.19. The number of carbonyl (C=O) groups is 2. The molecule has 0 unspecified atom stereocenters. The minimum atomic E-state index is -0.318. The zero-order valence-corrected chi connectivity index (χ0v) is 24.4. The summed E-state index contributed by atoms with van der Waals surface area (Å²) in [6.07, 6.45) is 0. The highest BCUT2D eigenvalue weighted by Gasteiger charge is 2.40. The fraction of sp³-hybridized carbons (Fsp3) is 0.0500. The normalized spacial score (nSPS) is 12.8. The Hall–Kier alpha value is -5.74. The second-order valence-electron chi connectivity index (χ2n) is 11.5. The van der Waals surface area contributed by atoms with Gasteiger partial charge in [-0.1, -0.05) is 108 Å². The first-order chi connectivity index (χ1) is 21.5. The van der Waals surface area contributed by atoms with E-state index < -0.39 is 0 Å². The summed E-state index contributed by atoms with van der Waals surface area (Å²) in [6.45, 7) is 4.24. The molecular weight excluding hydrogens is 540 g/mol. The number of hydrogen-bond donors (Lipinski definition) is 0. The smallest absolute Gasteiger partial charge is 0.268 e. The lowest BCUT2D eigenvalue weighted by Crippen LogP contribution is -2.30. The van der Waals surface area contributed by atoms with Crippen LogP contribution in [0.3, 0.4) is 0 Å². The van der Waals surface area contributed by atoms with E-state index in [1.54, 1.807) is 6.07 Å². The number of anilines is 1. The van der Waals surface area contributed by atoms with Crippen LogP contribution in [0.4, 0.5) is 5.69 Å². The third-order valence-electron chi connectivity index (χ3n) is 8.59. The van der Waals surface area contributed by atoms with Crippen LogP contribution in [0, 0.1) is 13.8 Å². The van der Waals surface area contributed by atoms with Gasteiger partial charge >= 0.3 is 0 Å². The van der Waals surface area contributed by atoms with Crippen molar-refractivity contribution in [3.63, 3.8) is 0 Å². The van der Waals surface area contributed by atoms with Gasteiger partial charge in [0.1, 0.15) is 0 Å². The SMILES string of the molecule is Cc1cc(C)cc(-c2ccc3c(c2)c2ccccc2n3-c2cccc3c2C(=O)N(c2ccccc2-c2ccccc2)C3=O)c1. The molecule has 0 saturated carbocycles. The van der Waals surface area contributed by atoms with Crippen molar-refractivity contribution in [3.8, 4) is 27.9 Å². The second-order valence-corrected chi connectivity index (χ2v) is 11.5. The number of nitrogens with zero attached hydrogens (tertiary/aromatic N) is 2. The summed E-state index contributed by atoms with van der Waals surface area (Å²) in [6, 6.07) is 44.4. The van der Waals surface area contributed by atoms with E-state index in [1.165, 1.54) is 21.6 Å². The number of aromatic nitrogens is 1. The van der Waals surface area contributed by atoms with E-state index in [2.05, 4.69) is 66.9 Å². The Balaban J connectivity index is 1.32. The molecule has 4 nitrogen and oxygen atoms in total. The maximum absolute atomic E-state index is 14.4. The zero-order valence-electron chi connectivity index (χ0n) is 24.4. The molecule has 4 heteroatoms. The molecule has 8 rings (SSSR count). The lowest BCUT2D eigenvalue weighted by molar-refractivity contribution is 0.0926. The predicted octanol–water partition coefficient (Wildman–Crippen LogP) is 9.54. The first-order valence-corrected chi connectivity index (χ1v) is 14.8. The molecule has 0 bridgehead atoms. The van der Waals surface area contributed by atoms with Crippen LogP contribution in [0.1, 0.15) is 31.8 Å². The molecule has 0 aliphatic carbocycles. The molecule has 0 saturated heterocycles. The van der Waals surface area contributed by atoms with E-state index in [4.69, 9.17) is 0 Å². The van der Waals surface area contributed by atoms with Crippen LogP contribution in [0.15, 0.2) is 133 Å². The first-order valence-electron chi connectivity index (χ1n) is 14.8. The Morgan fingerprint density at radius 1 is 0.455 bits per heavy atom. The molecule has 210 valence electrons. The van der Waals surface area contributed by atoms with Crippen LogP contribution in [-0.2, 0) is 0 Å². The third-order valence-corrected chi connectivity index (χ3v) is 8.59. The third kappa shape index (κ3) is 3.92. The maximum atomic E-state index is 14.4. The molecule has 6 aromatic carbocycles. The van der Waals surface area contributed by atoms with Crippen molar-refractivity contribution >= 4 is 39.3 Å². The Bertz CT molecular complexity index is 2270. The highest BCUT2D eigenvalue weighted by atomic mass is 16.2. The molecule has 0 radical (unpaired) electrons. The van der Waals surface area contributed by atoms with Gasteiger partial charge in [0.15, 0.2) is 0 Å². The lowest BCUT2D eigenvalue weighted by atomic mass is 9.99.